The van der Waals surface area contributed by atoms with E-state index in [1.165, 1.54) is 10.5 Å². The van der Waals surface area contributed by atoms with Gasteiger partial charge in [-0.25, -0.2) is 10.0 Å². The zero-order chi connectivity index (χ0) is 12.3. The van der Waals surface area contributed by atoms with Crippen LogP contribution in [-0.4, -0.2) is 12.5 Å². The van der Waals surface area contributed by atoms with E-state index in [0.29, 0.717) is 0 Å². The highest BCUT2D eigenvalue weighted by Gasteiger charge is 2.17. The molecule has 17 heavy (non-hydrogen) atoms. The van der Waals surface area contributed by atoms with Crippen molar-refractivity contribution in [2.45, 2.75) is 10.6 Å². The van der Waals surface area contributed by atoms with Gasteiger partial charge in [0.25, 0.3) is 0 Å². The van der Waals surface area contributed by atoms with Gasteiger partial charge in [-0.3, -0.25) is 0 Å². The van der Waals surface area contributed by atoms with Gasteiger partial charge < -0.3 is 5.73 Å². The van der Waals surface area contributed by atoms with Crippen LogP contribution in [0.5, 0.6) is 0 Å². The molecule has 0 bridgehead atoms. The maximum absolute atomic E-state index is 6.08. The van der Waals surface area contributed by atoms with Crippen molar-refractivity contribution in [3.63, 3.8) is 0 Å². The Labute approximate surface area is 105 Å². The average molecular weight is 245 g/mol. The van der Waals surface area contributed by atoms with E-state index < -0.39 is 10.0 Å². The minimum Gasteiger partial charge on any atom is -0.398 e. The summed E-state index contributed by atoms with van der Waals surface area (Å²) in [6, 6.07) is 18.9. The Morgan fingerprint density at radius 1 is 0.882 bits per heavy atom. The lowest BCUT2D eigenvalue weighted by molar-refractivity contribution is 1.34. The van der Waals surface area contributed by atoms with Gasteiger partial charge in [-0.2, -0.15) is 0 Å². The molecule has 0 saturated carbocycles. The first-order valence-electron chi connectivity index (χ1n) is 5.69. The van der Waals surface area contributed by atoms with Crippen LogP contribution in [0.15, 0.2) is 59.5 Å². The summed E-state index contributed by atoms with van der Waals surface area (Å²) in [6.07, 6.45) is 4.65. The molecule has 0 amide bonds. The smallest absolute Gasteiger partial charge is 0.0437 e. The second-order valence-electron chi connectivity index (χ2n) is 4.71. The lowest BCUT2D eigenvalue weighted by Gasteiger charge is -2.33. The highest BCUT2D eigenvalue weighted by molar-refractivity contribution is 8.32. The Kier molecular flexibility index (Phi) is 3.43. The van der Waals surface area contributed by atoms with E-state index in [2.05, 4.69) is 55.0 Å². The van der Waals surface area contributed by atoms with Crippen LogP contribution in [0.3, 0.4) is 0 Å². The largest absolute Gasteiger partial charge is 0.398 e. The SMILES string of the molecule is CS(C)(Cc1ccccc1)c1ccccc1N. The van der Waals surface area contributed by atoms with Crippen molar-refractivity contribution >= 4 is 15.7 Å². The minimum atomic E-state index is -0.869. The van der Waals surface area contributed by atoms with E-state index in [9.17, 15) is 0 Å². The van der Waals surface area contributed by atoms with E-state index in [-0.39, 0.29) is 0 Å². The Morgan fingerprint density at radius 2 is 1.47 bits per heavy atom. The molecule has 0 heterocycles. The number of rotatable bonds is 3. The number of nitrogens with two attached hydrogens (primary N) is 1. The van der Waals surface area contributed by atoms with Gasteiger partial charge >= 0.3 is 0 Å². The van der Waals surface area contributed by atoms with Crippen molar-refractivity contribution in [3.8, 4) is 0 Å². The third-order valence-corrected chi connectivity index (χ3v) is 5.50. The van der Waals surface area contributed by atoms with Gasteiger partial charge in [0, 0.05) is 16.3 Å². The zero-order valence-corrected chi connectivity index (χ0v) is 11.2. The van der Waals surface area contributed by atoms with E-state index in [4.69, 9.17) is 5.73 Å². The summed E-state index contributed by atoms with van der Waals surface area (Å²) in [4.78, 5) is 1.31. The number of hydrogen-bond donors (Lipinski definition) is 1. The lowest BCUT2D eigenvalue weighted by Crippen LogP contribution is -2.03. The van der Waals surface area contributed by atoms with Gasteiger partial charge in [-0.15, -0.1) is 0 Å². The van der Waals surface area contributed by atoms with Crippen LogP contribution >= 0.6 is 10.0 Å². The molecular weight excluding hydrogens is 226 g/mol. The average Bonchev–Trinajstić information content (AvgIpc) is 2.30. The van der Waals surface area contributed by atoms with Crippen molar-refractivity contribution in [1.29, 1.82) is 0 Å². The van der Waals surface area contributed by atoms with E-state index >= 15 is 0 Å². The predicted molar refractivity (Wildman–Crippen MR) is 78.7 cm³/mol. The molecule has 0 aliphatic heterocycles. The molecule has 1 nitrogen and oxygen atoms in total. The highest BCUT2D eigenvalue weighted by Crippen LogP contribution is 2.54. The standard InChI is InChI=1S/C15H19NS/c1-17(2,12-13-8-4-3-5-9-13)15-11-7-6-10-14(15)16/h3-11H,12,16H2,1-2H3. The number of para-hydroxylation sites is 1. The van der Waals surface area contributed by atoms with Crippen LogP contribution in [0.2, 0.25) is 0 Å². The first-order chi connectivity index (χ1) is 8.09. The molecule has 0 atom stereocenters. The number of nitrogen functional groups attached to an aromatic ring is 1. The topological polar surface area (TPSA) is 26.0 Å². The van der Waals surface area contributed by atoms with Crippen molar-refractivity contribution in [2.24, 2.45) is 0 Å². The van der Waals surface area contributed by atoms with Gasteiger partial charge in [0.2, 0.25) is 0 Å². The van der Waals surface area contributed by atoms with E-state index in [1.54, 1.807) is 0 Å². The van der Waals surface area contributed by atoms with Crippen LogP contribution in [-0.2, 0) is 5.75 Å². The quantitative estimate of drug-likeness (QED) is 0.816. The molecule has 0 radical (unpaired) electrons. The first kappa shape index (κ1) is 12.1. The van der Waals surface area contributed by atoms with E-state index in [1.807, 2.05) is 12.1 Å². The first-order valence-corrected chi connectivity index (χ1v) is 8.31. The summed E-state index contributed by atoms with van der Waals surface area (Å²) in [5, 5.41) is 0. The summed E-state index contributed by atoms with van der Waals surface area (Å²) in [7, 11) is -0.869. The van der Waals surface area contributed by atoms with Gasteiger partial charge in [0.1, 0.15) is 0 Å². The molecule has 0 fully saturated rings. The van der Waals surface area contributed by atoms with Crippen LogP contribution in [0.4, 0.5) is 5.69 Å². The molecule has 0 aliphatic rings. The van der Waals surface area contributed by atoms with Crippen molar-refractivity contribution in [1.82, 2.24) is 0 Å². The molecule has 0 aromatic heterocycles. The second kappa shape index (κ2) is 4.84. The Bertz CT molecular complexity index is 491. The van der Waals surface area contributed by atoms with Crippen LogP contribution in [0, 0.1) is 0 Å². The fraction of sp³-hybridized carbons (Fsp3) is 0.200. The molecule has 2 aromatic rings. The monoisotopic (exact) mass is 245 g/mol. The summed E-state index contributed by atoms with van der Waals surface area (Å²) in [6.45, 7) is 0. The molecule has 0 unspecified atom stereocenters. The number of anilines is 1. The molecule has 0 spiro atoms. The maximum atomic E-state index is 6.08. The fourth-order valence-corrected chi connectivity index (χ4v) is 4.39. The molecule has 0 saturated heterocycles. The molecule has 2 N–H and O–H groups in total. The lowest BCUT2D eigenvalue weighted by atomic mass is 10.2. The summed E-state index contributed by atoms with van der Waals surface area (Å²) in [5.41, 5.74) is 8.39. The normalized spacial score (nSPS) is 12.4. The Hall–Kier alpha value is -1.41. The Morgan fingerprint density at radius 3 is 2.12 bits per heavy atom. The molecule has 0 aliphatic carbocycles. The third kappa shape index (κ3) is 2.83. The summed E-state index contributed by atoms with van der Waals surface area (Å²) >= 11 is 0. The van der Waals surface area contributed by atoms with Gasteiger partial charge in [0.15, 0.2) is 0 Å². The van der Waals surface area contributed by atoms with Crippen LogP contribution < -0.4 is 5.73 Å². The maximum Gasteiger partial charge on any atom is 0.0437 e. The zero-order valence-electron chi connectivity index (χ0n) is 10.4. The second-order valence-corrected chi connectivity index (χ2v) is 8.51. The molecule has 90 valence electrons. The third-order valence-electron chi connectivity index (χ3n) is 2.88. The molecular formula is C15H19NS. The van der Waals surface area contributed by atoms with Gasteiger partial charge in [0.05, 0.1) is 0 Å². The van der Waals surface area contributed by atoms with Crippen LogP contribution in [0.1, 0.15) is 5.56 Å². The number of hydrogen-bond acceptors (Lipinski definition) is 1. The van der Waals surface area contributed by atoms with Crippen molar-refractivity contribution < 1.29 is 0 Å². The van der Waals surface area contributed by atoms with Crippen molar-refractivity contribution in [2.75, 3.05) is 18.2 Å². The highest BCUT2D eigenvalue weighted by atomic mass is 32.3. The molecule has 2 aromatic carbocycles. The predicted octanol–water partition coefficient (Wildman–Crippen LogP) is 3.89. The van der Waals surface area contributed by atoms with E-state index in [0.717, 1.165) is 11.4 Å². The summed E-state index contributed by atoms with van der Waals surface area (Å²) in [5.74, 6) is 1.09. The van der Waals surface area contributed by atoms with Gasteiger partial charge in [-0.05, 0) is 30.2 Å². The Balaban J connectivity index is 2.28. The molecule has 2 heteroatoms. The number of benzene rings is 2. The minimum absolute atomic E-state index is 0.869. The summed E-state index contributed by atoms with van der Waals surface area (Å²) < 4.78 is 0. The van der Waals surface area contributed by atoms with Crippen LogP contribution in [0.25, 0.3) is 0 Å². The van der Waals surface area contributed by atoms with Gasteiger partial charge in [-0.1, -0.05) is 42.5 Å². The fourth-order valence-electron chi connectivity index (χ4n) is 2.05. The van der Waals surface area contributed by atoms with Crippen molar-refractivity contribution in [3.05, 3.63) is 60.2 Å². The molecule has 2 rings (SSSR count).